The number of hydrogen-bond donors (Lipinski definition) is 0. The van der Waals surface area contributed by atoms with E-state index in [1.165, 1.54) is 20.3 Å². The number of morpholine rings is 1. The fraction of sp³-hybridized carbons (Fsp3) is 0.400. The van der Waals surface area contributed by atoms with Gasteiger partial charge in [-0.15, -0.1) is 0 Å². The molecule has 2 aliphatic heterocycles. The van der Waals surface area contributed by atoms with Gasteiger partial charge in [-0.1, -0.05) is 18.2 Å². The summed E-state index contributed by atoms with van der Waals surface area (Å²) in [6.45, 7) is 6.70. The van der Waals surface area contributed by atoms with Gasteiger partial charge in [0.2, 0.25) is 0 Å². The maximum absolute atomic E-state index is 12.6. The summed E-state index contributed by atoms with van der Waals surface area (Å²) < 4.78 is 21.1. The Morgan fingerprint density at radius 3 is 2.29 bits per heavy atom. The summed E-state index contributed by atoms with van der Waals surface area (Å²) in [4.78, 5) is 40.6. The van der Waals surface area contributed by atoms with Crippen LogP contribution < -0.4 is 4.90 Å². The summed E-state index contributed by atoms with van der Waals surface area (Å²) in [6.07, 6.45) is 5.82. The molecule has 0 spiro atoms. The van der Waals surface area contributed by atoms with Crippen molar-refractivity contribution in [3.63, 3.8) is 0 Å². The molecule has 0 saturated carbocycles. The van der Waals surface area contributed by atoms with Crippen molar-refractivity contribution in [2.75, 3.05) is 38.8 Å². The number of nitrogens with zero attached hydrogens (tertiary/aromatic N) is 2. The Morgan fingerprint density at radius 1 is 1.00 bits per heavy atom. The fourth-order valence-corrected chi connectivity index (χ4v) is 3.56. The lowest BCUT2D eigenvalue weighted by Crippen LogP contribution is -2.44. The Morgan fingerprint density at radius 2 is 1.68 bits per heavy atom. The number of rotatable bonds is 4. The molecule has 1 aromatic carbocycles. The monoisotopic (exact) mass is 470 g/mol. The van der Waals surface area contributed by atoms with E-state index in [-0.39, 0.29) is 23.5 Å². The second-order valence-corrected chi connectivity index (χ2v) is 8.69. The van der Waals surface area contributed by atoms with E-state index in [0.29, 0.717) is 25.4 Å². The van der Waals surface area contributed by atoms with Crippen molar-refractivity contribution in [3.05, 3.63) is 65.5 Å². The third-order valence-electron chi connectivity index (χ3n) is 5.15. The molecule has 9 nitrogen and oxygen atoms in total. The minimum atomic E-state index is -0.677. The van der Waals surface area contributed by atoms with Gasteiger partial charge in [0.15, 0.2) is 0 Å². The quantitative estimate of drug-likeness (QED) is 0.488. The molecule has 0 radical (unpaired) electrons. The number of carbonyl (C=O) groups is 3. The third-order valence-corrected chi connectivity index (χ3v) is 5.15. The Balaban J connectivity index is 1.84. The molecule has 0 bridgehead atoms. The number of carbonyl (C=O) groups excluding carboxylic acids is 3. The molecule has 0 aliphatic carbocycles. The van der Waals surface area contributed by atoms with Crippen LogP contribution in [0, 0.1) is 0 Å². The van der Waals surface area contributed by atoms with Crippen molar-refractivity contribution in [3.8, 4) is 0 Å². The van der Waals surface area contributed by atoms with Crippen molar-refractivity contribution in [1.29, 1.82) is 0 Å². The summed E-state index contributed by atoms with van der Waals surface area (Å²) in [5, 5.41) is 0. The molecule has 3 rings (SSSR count). The van der Waals surface area contributed by atoms with Crippen LogP contribution in [0.25, 0.3) is 0 Å². The summed E-state index contributed by atoms with van der Waals surface area (Å²) in [5.41, 5.74) is 1.04. The molecular formula is C25H30N2O7. The molecule has 0 aromatic heterocycles. The number of anilines is 1. The standard InChI is InChI=1S/C25H30N2O7/c1-25(2,3)34-24(30)26-14-15-33-20(16-26)17-9-11-18(12-10-17)27-13-7-6-8-19(22(28)31-4)21(27)23(29)32-5/h6-13,20H,14-16H2,1-5H3. The van der Waals surface area contributed by atoms with Crippen LogP contribution in [0.2, 0.25) is 0 Å². The van der Waals surface area contributed by atoms with Gasteiger partial charge in [-0.25, -0.2) is 14.4 Å². The van der Waals surface area contributed by atoms with E-state index < -0.39 is 17.5 Å². The minimum Gasteiger partial charge on any atom is -0.465 e. The first-order chi connectivity index (χ1) is 16.1. The largest absolute Gasteiger partial charge is 0.465 e. The molecule has 2 heterocycles. The summed E-state index contributed by atoms with van der Waals surface area (Å²) in [7, 11) is 2.50. The lowest BCUT2D eigenvalue weighted by molar-refractivity contribution is -0.139. The molecular weight excluding hydrogens is 440 g/mol. The molecule has 2 aliphatic rings. The van der Waals surface area contributed by atoms with Crippen molar-refractivity contribution in [1.82, 2.24) is 4.90 Å². The zero-order valence-corrected chi connectivity index (χ0v) is 20.1. The first kappa shape index (κ1) is 25.0. The number of hydrogen-bond acceptors (Lipinski definition) is 8. The number of methoxy groups -OCH3 is 2. The van der Waals surface area contributed by atoms with Gasteiger partial charge in [-0.3, -0.25) is 0 Å². The summed E-state index contributed by atoms with van der Waals surface area (Å²) in [5.74, 6) is -1.33. The number of benzene rings is 1. The summed E-state index contributed by atoms with van der Waals surface area (Å²) >= 11 is 0. The number of allylic oxidation sites excluding steroid dienone is 2. The van der Waals surface area contributed by atoms with Gasteiger partial charge in [0.1, 0.15) is 17.4 Å². The highest BCUT2D eigenvalue weighted by atomic mass is 16.6. The van der Waals surface area contributed by atoms with E-state index in [4.69, 9.17) is 18.9 Å². The minimum absolute atomic E-state index is 0.0390. The van der Waals surface area contributed by atoms with Crippen LogP contribution in [0.3, 0.4) is 0 Å². The molecule has 1 saturated heterocycles. The van der Waals surface area contributed by atoms with Gasteiger partial charge < -0.3 is 28.7 Å². The lowest BCUT2D eigenvalue weighted by Gasteiger charge is -2.34. The van der Waals surface area contributed by atoms with E-state index in [0.717, 1.165) is 5.56 Å². The fourth-order valence-electron chi connectivity index (χ4n) is 3.56. The van der Waals surface area contributed by atoms with Crippen molar-refractivity contribution in [2.24, 2.45) is 0 Å². The third kappa shape index (κ3) is 5.85. The molecule has 1 fully saturated rings. The molecule has 1 atom stereocenters. The van der Waals surface area contributed by atoms with E-state index in [9.17, 15) is 14.4 Å². The van der Waals surface area contributed by atoms with Crippen LogP contribution in [-0.2, 0) is 28.5 Å². The second-order valence-electron chi connectivity index (χ2n) is 8.69. The highest BCUT2D eigenvalue weighted by Gasteiger charge is 2.30. The Bertz CT molecular complexity index is 1020. The predicted octanol–water partition coefficient (Wildman–Crippen LogP) is 3.49. The zero-order valence-electron chi connectivity index (χ0n) is 20.1. The number of amides is 1. The van der Waals surface area contributed by atoms with Crippen molar-refractivity contribution >= 4 is 23.7 Å². The first-order valence-corrected chi connectivity index (χ1v) is 10.9. The Labute approximate surface area is 199 Å². The number of esters is 2. The van der Waals surface area contributed by atoms with E-state index >= 15 is 0 Å². The normalized spacial score (nSPS) is 18.4. The van der Waals surface area contributed by atoms with Crippen LogP contribution in [0.5, 0.6) is 0 Å². The smallest absolute Gasteiger partial charge is 0.410 e. The predicted molar refractivity (Wildman–Crippen MR) is 125 cm³/mol. The number of ether oxygens (including phenoxy) is 4. The van der Waals surface area contributed by atoms with Crippen LogP contribution in [0.15, 0.2) is 60.0 Å². The van der Waals surface area contributed by atoms with Crippen LogP contribution in [0.4, 0.5) is 10.5 Å². The first-order valence-electron chi connectivity index (χ1n) is 10.9. The molecule has 9 heteroatoms. The lowest BCUT2D eigenvalue weighted by atomic mass is 10.1. The van der Waals surface area contributed by atoms with Gasteiger partial charge in [-0.05, 0) is 50.6 Å². The van der Waals surface area contributed by atoms with Gasteiger partial charge in [0.05, 0.1) is 32.9 Å². The topological polar surface area (TPSA) is 94.6 Å². The van der Waals surface area contributed by atoms with Crippen LogP contribution >= 0.6 is 0 Å². The second kappa shape index (κ2) is 10.6. The van der Waals surface area contributed by atoms with Gasteiger partial charge in [0, 0.05) is 18.4 Å². The SMILES string of the molecule is COC(=O)C1=C(C(=O)OC)N(c2ccc(C3CN(C(=O)OC(C)(C)C)CCO3)cc2)C=CC=C1. The summed E-state index contributed by atoms with van der Waals surface area (Å²) in [6, 6.07) is 7.33. The maximum Gasteiger partial charge on any atom is 0.410 e. The average molecular weight is 471 g/mol. The zero-order chi connectivity index (χ0) is 24.9. The molecule has 1 unspecified atom stereocenters. The van der Waals surface area contributed by atoms with Crippen molar-refractivity contribution < 1.29 is 33.3 Å². The highest BCUT2D eigenvalue weighted by molar-refractivity contribution is 6.05. The molecule has 0 N–H and O–H groups in total. The highest BCUT2D eigenvalue weighted by Crippen LogP contribution is 2.29. The molecule has 34 heavy (non-hydrogen) atoms. The Hall–Kier alpha value is -3.59. The van der Waals surface area contributed by atoms with E-state index in [1.807, 2.05) is 32.9 Å². The Kier molecular flexibility index (Phi) is 7.78. The van der Waals surface area contributed by atoms with Gasteiger partial charge in [0.25, 0.3) is 0 Å². The van der Waals surface area contributed by atoms with Gasteiger partial charge in [-0.2, -0.15) is 0 Å². The average Bonchev–Trinajstić information content (AvgIpc) is 3.05. The molecule has 1 aromatic rings. The van der Waals surface area contributed by atoms with Crippen LogP contribution in [0.1, 0.15) is 32.4 Å². The van der Waals surface area contributed by atoms with Crippen molar-refractivity contribution in [2.45, 2.75) is 32.5 Å². The van der Waals surface area contributed by atoms with Crippen LogP contribution in [-0.4, -0.2) is 62.4 Å². The maximum atomic E-state index is 12.6. The molecule has 182 valence electrons. The van der Waals surface area contributed by atoms with E-state index in [1.54, 1.807) is 40.3 Å². The van der Waals surface area contributed by atoms with E-state index in [2.05, 4.69) is 0 Å². The van der Waals surface area contributed by atoms with Gasteiger partial charge >= 0.3 is 18.0 Å². The molecule has 1 amide bonds.